The molecule has 6 heteroatoms. The zero-order valence-electron chi connectivity index (χ0n) is 5.64. The van der Waals surface area contributed by atoms with Gasteiger partial charge in [-0.05, 0) is 13.8 Å². The first-order chi connectivity index (χ1) is 4.33. The van der Waals surface area contributed by atoms with Crippen LogP contribution in [-0.2, 0) is 10.4 Å². The van der Waals surface area contributed by atoms with E-state index in [1.165, 1.54) is 6.92 Å². The lowest BCUT2D eigenvalue weighted by molar-refractivity contribution is 0.515. The highest BCUT2D eigenvalue weighted by molar-refractivity contribution is 7.84. The van der Waals surface area contributed by atoms with Crippen molar-refractivity contribution in [1.82, 2.24) is 4.72 Å². The van der Waals surface area contributed by atoms with Gasteiger partial charge >= 0.3 is 10.4 Å². The smallest absolute Gasteiger partial charge is 0.184 e. The first kappa shape index (κ1) is 10.1. The Bertz CT molecular complexity index is 191. The molecule has 0 unspecified atom stereocenters. The van der Waals surface area contributed by atoms with Crippen molar-refractivity contribution in [3.8, 4) is 0 Å². The Hall–Kier alpha value is 0.130. The molecule has 0 aromatic carbocycles. The molecule has 0 radical (unpaired) electrons. The molecule has 0 rings (SSSR count). The molecule has 0 saturated carbocycles. The molecule has 0 aromatic rings. The first-order valence-electron chi connectivity index (χ1n) is 2.69. The second-order valence-corrected chi connectivity index (χ2v) is 3.82. The van der Waals surface area contributed by atoms with Crippen LogP contribution < -0.4 is 4.72 Å². The molecule has 62 valence electrons. The minimum Gasteiger partial charge on any atom is -0.184 e. The number of rotatable bonds is 3. The van der Waals surface area contributed by atoms with Crippen LogP contribution in [-0.4, -0.2) is 19.8 Å². The quantitative estimate of drug-likeness (QED) is 0.528. The maximum atomic E-state index is 11.8. The fourth-order valence-corrected chi connectivity index (χ4v) is 1.10. The van der Waals surface area contributed by atoms with Crippen molar-refractivity contribution in [2.24, 2.45) is 0 Å². The summed E-state index contributed by atoms with van der Waals surface area (Å²) in [4.78, 5) is 0. The lowest BCUT2D eigenvalue weighted by atomic mass is 10.3. The Morgan fingerprint density at radius 2 is 1.90 bits per heavy atom. The van der Waals surface area contributed by atoms with Gasteiger partial charge in [0.2, 0.25) is 0 Å². The summed E-state index contributed by atoms with van der Waals surface area (Å²) in [5.74, 6) is 0. The molecule has 2 atom stereocenters. The van der Waals surface area contributed by atoms with Gasteiger partial charge in [-0.15, -0.1) is 11.6 Å². The van der Waals surface area contributed by atoms with E-state index in [9.17, 15) is 12.3 Å². The van der Waals surface area contributed by atoms with Crippen LogP contribution in [0.15, 0.2) is 0 Å². The zero-order valence-corrected chi connectivity index (χ0v) is 7.21. The molecular weight excluding hydrogens is 181 g/mol. The van der Waals surface area contributed by atoms with E-state index >= 15 is 0 Å². The van der Waals surface area contributed by atoms with Gasteiger partial charge in [0.25, 0.3) is 0 Å². The van der Waals surface area contributed by atoms with E-state index in [1.54, 1.807) is 11.6 Å². The van der Waals surface area contributed by atoms with Crippen molar-refractivity contribution in [2.75, 3.05) is 0 Å². The van der Waals surface area contributed by atoms with Gasteiger partial charge in [0.05, 0.1) is 0 Å². The Kier molecular flexibility index (Phi) is 3.55. The van der Waals surface area contributed by atoms with Gasteiger partial charge in [-0.2, -0.15) is 13.1 Å². The second kappa shape index (κ2) is 3.50. The highest BCUT2D eigenvalue weighted by Gasteiger charge is 2.15. The monoisotopic (exact) mass is 189 g/mol. The first-order valence-corrected chi connectivity index (χ1v) is 4.51. The van der Waals surface area contributed by atoms with Gasteiger partial charge in [-0.1, -0.05) is 3.89 Å². The third-order valence-corrected chi connectivity index (χ3v) is 2.05. The zero-order chi connectivity index (χ0) is 8.36. The molecular formula is C4H9ClFNO2S. The average Bonchev–Trinajstić information content (AvgIpc) is 1.60. The summed E-state index contributed by atoms with van der Waals surface area (Å²) in [6.07, 6.45) is 0. The Balaban J connectivity index is 3.93. The standard InChI is InChI=1S/C4H9ClFNO2S/c1-3(5)4(2)7-10(6,8)9/h3-4,7H,1-2H3/t3-,4-/m1/s1. The van der Waals surface area contributed by atoms with Gasteiger partial charge in [0, 0.05) is 11.4 Å². The molecule has 0 amide bonds. The predicted molar refractivity (Wildman–Crippen MR) is 37.9 cm³/mol. The van der Waals surface area contributed by atoms with E-state index in [0.29, 0.717) is 0 Å². The number of nitrogens with one attached hydrogen (secondary N) is 1. The molecule has 0 heterocycles. The molecule has 3 nitrogen and oxygen atoms in total. The maximum Gasteiger partial charge on any atom is 0.372 e. The van der Waals surface area contributed by atoms with Crippen LogP contribution in [0.3, 0.4) is 0 Å². The molecule has 0 aliphatic rings. The molecule has 10 heavy (non-hydrogen) atoms. The Morgan fingerprint density at radius 1 is 1.50 bits per heavy atom. The normalized spacial score (nSPS) is 18.4. The van der Waals surface area contributed by atoms with Crippen LogP contribution in [0, 0.1) is 0 Å². The van der Waals surface area contributed by atoms with Crippen LogP contribution in [0.4, 0.5) is 3.89 Å². The largest absolute Gasteiger partial charge is 0.372 e. The van der Waals surface area contributed by atoms with Crippen molar-refractivity contribution in [3.05, 3.63) is 0 Å². The van der Waals surface area contributed by atoms with E-state index in [1.807, 2.05) is 0 Å². The SMILES string of the molecule is C[C@@H](Cl)[C@@H](C)NS(=O)(=O)F. The van der Waals surface area contributed by atoms with Gasteiger partial charge < -0.3 is 0 Å². The molecule has 0 aromatic heterocycles. The molecule has 0 bridgehead atoms. The minimum absolute atomic E-state index is 0.425. The molecule has 0 aliphatic carbocycles. The maximum absolute atomic E-state index is 11.8. The summed E-state index contributed by atoms with van der Waals surface area (Å²) in [6, 6.07) is -0.586. The highest BCUT2D eigenvalue weighted by atomic mass is 35.5. The van der Waals surface area contributed by atoms with Crippen molar-refractivity contribution < 1.29 is 12.3 Å². The van der Waals surface area contributed by atoms with E-state index in [2.05, 4.69) is 0 Å². The van der Waals surface area contributed by atoms with Gasteiger partial charge in [-0.25, -0.2) is 0 Å². The molecule has 0 aliphatic heterocycles. The summed E-state index contributed by atoms with van der Waals surface area (Å²) in [5.41, 5.74) is 0. The van der Waals surface area contributed by atoms with Crippen molar-refractivity contribution in [2.45, 2.75) is 25.3 Å². The average molecular weight is 190 g/mol. The van der Waals surface area contributed by atoms with E-state index < -0.39 is 21.8 Å². The van der Waals surface area contributed by atoms with Crippen LogP contribution in [0.2, 0.25) is 0 Å². The summed E-state index contributed by atoms with van der Waals surface area (Å²) >= 11 is 5.44. The molecule has 1 N–H and O–H groups in total. The number of halogens is 2. The molecule has 0 fully saturated rings. The van der Waals surface area contributed by atoms with Crippen LogP contribution >= 0.6 is 11.6 Å². The van der Waals surface area contributed by atoms with Crippen LogP contribution in [0.25, 0.3) is 0 Å². The number of alkyl halides is 1. The van der Waals surface area contributed by atoms with Crippen LogP contribution in [0.1, 0.15) is 13.8 Å². The summed E-state index contributed by atoms with van der Waals surface area (Å²) < 4.78 is 33.3. The third-order valence-electron chi connectivity index (χ3n) is 1.02. The minimum atomic E-state index is -4.60. The van der Waals surface area contributed by atoms with E-state index in [0.717, 1.165) is 0 Å². The fourth-order valence-electron chi connectivity index (χ4n) is 0.316. The van der Waals surface area contributed by atoms with Crippen LogP contribution in [0.5, 0.6) is 0 Å². The van der Waals surface area contributed by atoms with E-state index in [4.69, 9.17) is 11.6 Å². The number of hydrogen-bond acceptors (Lipinski definition) is 2. The van der Waals surface area contributed by atoms with Gasteiger partial charge in [-0.3, -0.25) is 0 Å². The summed E-state index contributed by atoms with van der Waals surface area (Å²) in [7, 11) is -4.60. The molecule has 0 spiro atoms. The number of hydrogen-bond donors (Lipinski definition) is 1. The fraction of sp³-hybridized carbons (Fsp3) is 1.00. The molecule has 0 saturated heterocycles. The van der Waals surface area contributed by atoms with Gasteiger partial charge in [0.1, 0.15) is 0 Å². The van der Waals surface area contributed by atoms with Crippen molar-refractivity contribution in [1.29, 1.82) is 0 Å². The summed E-state index contributed by atoms with van der Waals surface area (Å²) in [6.45, 7) is 3.05. The van der Waals surface area contributed by atoms with Gasteiger partial charge in [0.15, 0.2) is 0 Å². The lowest BCUT2D eigenvalue weighted by Crippen LogP contribution is -2.35. The Morgan fingerprint density at radius 3 is 2.00 bits per heavy atom. The summed E-state index contributed by atoms with van der Waals surface area (Å²) in [5, 5.41) is -0.425. The van der Waals surface area contributed by atoms with Crippen molar-refractivity contribution >= 4 is 22.0 Å². The third kappa shape index (κ3) is 4.96. The Labute approximate surface area is 64.9 Å². The highest BCUT2D eigenvalue weighted by Crippen LogP contribution is 2.02. The van der Waals surface area contributed by atoms with Crippen molar-refractivity contribution in [3.63, 3.8) is 0 Å². The topological polar surface area (TPSA) is 46.2 Å². The second-order valence-electron chi connectivity index (χ2n) is 2.02. The van der Waals surface area contributed by atoms with E-state index in [-0.39, 0.29) is 0 Å². The lowest BCUT2D eigenvalue weighted by Gasteiger charge is -2.11. The predicted octanol–water partition coefficient (Wildman–Crippen LogP) is 0.806.